The van der Waals surface area contributed by atoms with Gasteiger partial charge in [0, 0.05) is 18.0 Å². The molecule has 3 N–H and O–H groups in total. The van der Waals surface area contributed by atoms with Gasteiger partial charge in [0.15, 0.2) is 0 Å². The average Bonchev–Trinajstić information content (AvgIpc) is 2.89. The molecule has 1 heterocycles. The van der Waals surface area contributed by atoms with Crippen molar-refractivity contribution in [1.82, 2.24) is 10.6 Å². The van der Waals surface area contributed by atoms with Crippen LogP contribution in [0, 0.1) is 5.92 Å². The molecular formula is C14H24N2O2S. The molecule has 0 aliphatic heterocycles. The first kappa shape index (κ1) is 16.0. The Morgan fingerprint density at radius 1 is 1.47 bits per heavy atom. The number of amides is 2. The van der Waals surface area contributed by atoms with Gasteiger partial charge < -0.3 is 15.7 Å². The van der Waals surface area contributed by atoms with Crippen molar-refractivity contribution in [2.75, 3.05) is 13.1 Å². The van der Waals surface area contributed by atoms with E-state index in [0.29, 0.717) is 25.4 Å². The molecule has 2 atom stereocenters. The summed E-state index contributed by atoms with van der Waals surface area (Å²) in [6, 6.07) is 4.01. The highest BCUT2D eigenvalue weighted by Crippen LogP contribution is 2.13. The molecule has 0 saturated heterocycles. The summed E-state index contributed by atoms with van der Waals surface area (Å²) in [5.74, 6) is 0.422. The fourth-order valence-electron chi connectivity index (χ4n) is 1.73. The SMILES string of the molecule is CCC(O)CCNC(=O)NCC(C)Cc1cccs1. The number of carbonyl (C=O) groups excluding carboxylic acids is 1. The molecule has 0 aliphatic carbocycles. The third kappa shape index (κ3) is 7.18. The minimum absolute atomic E-state index is 0.152. The van der Waals surface area contributed by atoms with Gasteiger partial charge in [-0.25, -0.2) is 4.79 Å². The summed E-state index contributed by atoms with van der Waals surface area (Å²) < 4.78 is 0. The van der Waals surface area contributed by atoms with Crippen LogP contribution in [0.1, 0.15) is 31.6 Å². The summed E-state index contributed by atoms with van der Waals surface area (Å²) in [4.78, 5) is 12.9. The first-order chi connectivity index (χ1) is 9.11. The molecule has 2 unspecified atom stereocenters. The minimum atomic E-state index is -0.321. The molecule has 0 bridgehead atoms. The molecule has 1 aromatic heterocycles. The summed E-state index contributed by atoms with van der Waals surface area (Å²) in [5, 5.41) is 17.0. The van der Waals surface area contributed by atoms with Crippen LogP contribution in [0.3, 0.4) is 0 Å². The van der Waals surface area contributed by atoms with Gasteiger partial charge in [0.05, 0.1) is 6.10 Å². The van der Waals surface area contributed by atoms with Gasteiger partial charge in [0.25, 0.3) is 0 Å². The van der Waals surface area contributed by atoms with Crippen molar-refractivity contribution in [2.45, 2.75) is 39.2 Å². The fraction of sp³-hybridized carbons (Fsp3) is 0.643. The topological polar surface area (TPSA) is 61.4 Å². The molecule has 1 aromatic rings. The van der Waals surface area contributed by atoms with Crippen LogP contribution in [-0.2, 0) is 6.42 Å². The van der Waals surface area contributed by atoms with Crippen LogP contribution in [0.15, 0.2) is 17.5 Å². The Bertz CT molecular complexity index is 354. The Balaban J connectivity index is 2.09. The molecule has 0 radical (unpaired) electrons. The zero-order chi connectivity index (χ0) is 14.1. The van der Waals surface area contributed by atoms with E-state index in [1.807, 2.05) is 13.0 Å². The van der Waals surface area contributed by atoms with Gasteiger partial charge in [0.2, 0.25) is 0 Å². The maximum atomic E-state index is 11.5. The molecule has 19 heavy (non-hydrogen) atoms. The van der Waals surface area contributed by atoms with E-state index in [1.54, 1.807) is 11.3 Å². The standard InChI is InChI=1S/C14H24N2O2S/c1-3-12(17)6-7-15-14(18)16-10-11(2)9-13-5-4-8-19-13/h4-5,8,11-12,17H,3,6-7,9-10H2,1-2H3,(H2,15,16,18). The van der Waals surface area contributed by atoms with Gasteiger partial charge in [-0.1, -0.05) is 19.9 Å². The van der Waals surface area contributed by atoms with Gasteiger partial charge >= 0.3 is 6.03 Å². The normalized spacial score (nSPS) is 13.8. The average molecular weight is 284 g/mol. The summed E-state index contributed by atoms with van der Waals surface area (Å²) in [5.41, 5.74) is 0. The van der Waals surface area contributed by atoms with E-state index in [9.17, 15) is 9.90 Å². The second kappa shape index (κ2) is 8.93. The lowest BCUT2D eigenvalue weighted by molar-refractivity contribution is 0.160. The van der Waals surface area contributed by atoms with Crippen molar-refractivity contribution in [1.29, 1.82) is 0 Å². The third-order valence-electron chi connectivity index (χ3n) is 2.98. The highest BCUT2D eigenvalue weighted by molar-refractivity contribution is 7.09. The number of hydrogen-bond acceptors (Lipinski definition) is 3. The summed E-state index contributed by atoms with van der Waals surface area (Å²) in [7, 11) is 0. The third-order valence-corrected chi connectivity index (χ3v) is 3.87. The molecule has 0 fully saturated rings. The van der Waals surface area contributed by atoms with E-state index >= 15 is 0 Å². The Hall–Kier alpha value is -1.07. The largest absolute Gasteiger partial charge is 0.393 e. The zero-order valence-corrected chi connectivity index (χ0v) is 12.5. The Kier molecular flexibility index (Phi) is 7.52. The number of urea groups is 1. The summed E-state index contributed by atoms with van der Waals surface area (Å²) in [6.45, 7) is 5.23. The maximum absolute atomic E-state index is 11.5. The van der Waals surface area contributed by atoms with Crippen LogP contribution in [-0.4, -0.2) is 30.3 Å². The Morgan fingerprint density at radius 2 is 2.26 bits per heavy atom. The predicted molar refractivity (Wildman–Crippen MR) is 79.5 cm³/mol. The van der Waals surface area contributed by atoms with Crippen molar-refractivity contribution in [3.8, 4) is 0 Å². The van der Waals surface area contributed by atoms with E-state index in [4.69, 9.17) is 0 Å². The molecule has 0 saturated carbocycles. The molecule has 2 amide bonds. The van der Waals surface area contributed by atoms with Crippen molar-refractivity contribution in [2.24, 2.45) is 5.92 Å². The number of rotatable bonds is 8. The number of aliphatic hydroxyl groups is 1. The van der Waals surface area contributed by atoms with Gasteiger partial charge in [-0.3, -0.25) is 0 Å². The quantitative estimate of drug-likeness (QED) is 0.686. The van der Waals surface area contributed by atoms with Crippen molar-refractivity contribution in [3.63, 3.8) is 0 Å². The number of carbonyl (C=O) groups is 1. The Labute approximate surface area is 119 Å². The van der Waals surface area contributed by atoms with E-state index in [1.165, 1.54) is 4.88 Å². The van der Waals surface area contributed by atoms with E-state index in [-0.39, 0.29) is 12.1 Å². The molecule has 0 aliphatic rings. The second-order valence-electron chi connectivity index (χ2n) is 4.88. The second-order valence-corrected chi connectivity index (χ2v) is 5.91. The van der Waals surface area contributed by atoms with Crippen LogP contribution in [0.5, 0.6) is 0 Å². The fourth-order valence-corrected chi connectivity index (χ4v) is 2.60. The molecule has 5 heteroatoms. The molecule has 0 aromatic carbocycles. The number of thiophene rings is 1. The molecule has 108 valence electrons. The smallest absolute Gasteiger partial charge is 0.314 e. The van der Waals surface area contributed by atoms with Crippen molar-refractivity contribution in [3.05, 3.63) is 22.4 Å². The van der Waals surface area contributed by atoms with Gasteiger partial charge in [-0.15, -0.1) is 11.3 Å². The summed E-state index contributed by atoms with van der Waals surface area (Å²) in [6.07, 6.45) is 2.00. The molecule has 0 spiro atoms. The van der Waals surface area contributed by atoms with Crippen LogP contribution >= 0.6 is 11.3 Å². The van der Waals surface area contributed by atoms with Crippen LogP contribution < -0.4 is 10.6 Å². The monoisotopic (exact) mass is 284 g/mol. The van der Waals surface area contributed by atoms with Crippen molar-refractivity contribution >= 4 is 17.4 Å². The zero-order valence-electron chi connectivity index (χ0n) is 11.7. The minimum Gasteiger partial charge on any atom is -0.393 e. The van der Waals surface area contributed by atoms with Crippen LogP contribution in [0.4, 0.5) is 4.79 Å². The van der Waals surface area contributed by atoms with E-state index in [2.05, 4.69) is 29.0 Å². The molecule has 4 nitrogen and oxygen atoms in total. The van der Waals surface area contributed by atoms with Gasteiger partial charge in [0.1, 0.15) is 0 Å². The predicted octanol–water partition coefficient (Wildman–Crippen LogP) is 2.39. The lowest BCUT2D eigenvalue weighted by atomic mass is 10.1. The van der Waals surface area contributed by atoms with Crippen LogP contribution in [0.25, 0.3) is 0 Å². The van der Waals surface area contributed by atoms with E-state index in [0.717, 1.165) is 12.8 Å². The maximum Gasteiger partial charge on any atom is 0.314 e. The van der Waals surface area contributed by atoms with Crippen molar-refractivity contribution < 1.29 is 9.90 Å². The van der Waals surface area contributed by atoms with Gasteiger partial charge in [-0.2, -0.15) is 0 Å². The number of hydrogen-bond donors (Lipinski definition) is 3. The molecular weight excluding hydrogens is 260 g/mol. The number of aliphatic hydroxyl groups excluding tert-OH is 1. The highest BCUT2D eigenvalue weighted by Gasteiger charge is 2.07. The summed E-state index contributed by atoms with van der Waals surface area (Å²) >= 11 is 1.75. The van der Waals surface area contributed by atoms with E-state index < -0.39 is 0 Å². The highest BCUT2D eigenvalue weighted by atomic mass is 32.1. The first-order valence-corrected chi connectivity index (χ1v) is 7.72. The lowest BCUT2D eigenvalue weighted by Crippen LogP contribution is -2.39. The molecule has 1 rings (SSSR count). The number of nitrogens with one attached hydrogen (secondary N) is 2. The van der Waals surface area contributed by atoms with Gasteiger partial charge in [-0.05, 0) is 36.6 Å². The van der Waals surface area contributed by atoms with Crippen LogP contribution in [0.2, 0.25) is 0 Å². The lowest BCUT2D eigenvalue weighted by Gasteiger charge is -2.13. The Morgan fingerprint density at radius 3 is 2.89 bits per heavy atom. The first-order valence-electron chi connectivity index (χ1n) is 6.84.